The normalized spacial score (nSPS) is 11.5. The van der Waals surface area contributed by atoms with Crippen molar-refractivity contribution in [2.24, 2.45) is 5.84 Å². The van der Waals surface area contributed by atoms with E-state index in [0.29, 0.717) is 11.3 Å². The van der Waals surface area contributed by atoms with Gasteiger partial charge in [0.05, 0.1) is 18.2 Å². The molecule has 0 heterocycles. The number of aryl methyl sites for hydroxylation is 2. The summed E-state index contributed by atoms with van der Waals surface area (Å²) < 4.78 is 10.6. The zero-order valence-corrected chi connectivity index (χ0v) is 11.2. The van der Waals surface area contributed by atoms with Gasteiger partial charge in [-0.3, -0.25) is 10.2 Å². The Morgan fingerprint density at radius 1 is 1.47 bits per heavy atom. The van der Waals surface area contributed by atoms with Crippen LogP contribution in [0.3, 0.4) is 0 Å². The van der Waals surface area contributed by atoms with Gasteiger partial charge in [-0.1, -0.05) is 0 Å². The predicted molar refractivity (Wildman–Crippen MR) is 69.3 cm³/mol. The number of hydrogen-bond acceptors (Lipinski definition) is 5. The second-order valence-corrected chi connectivity index (χ2v) is 4.12. The summed E-state index contributed by atoms with van der Waals surface area (Å²) in [4.78, 5) is 11.6. The fourth-order valence-electron chi connectivity index (χ4n) is 1.75. The first-order chi connectivity index (χ1) is 9.03. The van der Waals surface area contributed by atoms with E-state index in [0.717, 1.165) is 11.1 Å². The average molecular weight is 263 g/mol. The third-order valence-corrected chi connectivity index (χ3v) is 2.60. The summed E-state index contributed by atoms with van der Waals surface area (Å²) in [5, 5.41) is 8.88. The molecule has 0 saturated heterocycles. The van der Waals surface area contributed by atoms with Crippen molar-refractivity contribution >= 4 is 5.91 Å². The number of amides is 1. The van der Waals surface area contributed by atoms with Crippen molar-refractivity contribution < 1.29 is 14.3 Å². The van der Waals surface area contributed by atoms with E-state index in [1.807, 2.05) is 19.3 Å². The summed E-state index contributed by atoms with van der Waals surface area (Å²) in [6, 6.07) is 5.47. The molecule has 0 aliphatic carbocycles. The lowest BCUT2D eigenvalue weighted by Gasteiger charge is -2.19. The van der Waals surface area contributed by atoms with E-state index in [4.69, 9.17) is 20.6 Å². The molecule has 0 aliphatic heterocycles. The highest BCUT2D eigenvalue weighted by molar-refractivity contribution is 5.80. The van der Waals surface area contributed by atoms with Gasteiger partial charge in [0.15, 0.2) is 0 Å². The number of carbonyl (C=O) groups is 1. The van der Waals surface area contributed by atoms with Gasteiger partial charge in [0, 0.05) is 7.11 Å². The second-order valence-electron chi connectivity index (χ2n) is 4.12. The number of nitrogens with two attached hydrogens (primary N) is 1. The molecule has 0 saturated carbocycles. The Labute approximate surface area is 112 Å². The number of nitrogens with one attached hydrogen (secondary N) is 1. The van der Waals surface area contributed by atoms with Gasteiger partial charge in [0.2, 0.25) is 6.10 Å². The lowest BCUT2D eigenvalue weighted by atomic mass is 10.1. The molecule has 102 valence electrons. The van der Waals surface area contributed by atoms with Crippen molar-refractivity contribution in [3.8, 4) is 11.8 Å². The lowest BCUT2D eigenvalue weighted by Crippen LogP contribution is -2.44. The van der Waals surface area contributed by atoms with Crippen LogP contribution in [0.1, 0.15) is 16.7 Å². The van der Waals surface area contributed by atoms with Gasteiger partial charge in [-0.2, -0.15) is 5.26 Å². The van der Waals surface area contributed by atoms with E-state index >= 15 is 0 Å². The van der Waals surface area contributed by atoms with Crippen LogP contribution in [0, 0.1) is 25.2 Å². The number of hydrogen-bond donors (Lipinski definition) is 2. The maximum Gasteiger partial charge on any atom is 0.277 e. The van der Waals surface area contributed by atoms with Gasteiger partial charge in [0.25, 0.3) is 5.91 Å². The van der Waals surface area contributed by atoms with Gasteiger partial charge in [0.1, 0.15) is 5.75 Å². The summed E-state index contributed by atoms with van der Waals surface area (Å²) in [5.41, 5.74) is 4.15. The van der Waals surface area contributed by atoms with Crippen LogP contribution in [-0.2, 0) is 9.53 Å². The van der Waals surface area contributed by atoms with E-state index in [-0.39, 0.29) is 6.61 Å². The highest BCUT2D eigenvalue weighted by atomic mass is 16.5. The molecule has 0 bridgehead atoms. The maximum absolute atomic E-state index is 11.6. The minimum absolute atomic E-state index is 0.0852. The molecule has 0 radical (unpaired) electrons. The first-order valence-electron chi connectivity index (χ1n) is 5.70. The summed E-state index contributed by atoms with van der Waals surface area (Å²) in [7, 11) is 1.47. The number of carbonyl (C=O) groups excluding carboxylic acids is 1. The van der Waals surface area contributed by atoms with E-state index < -0.39 is 12.0 Å². The largest absolute Gasteiger partial charge is 0.478 e. The average Bonchev–Trinajstić information content (AvgIpc) is 2.40. The SMILES string of the molecule is COCC(Oc1c(C)cc(C#N)cc1C)C(=O)NN. The maximum atomic E-state index is 11.6. The van der Waals surface area contributed by atoms with Crippen LogP contribution >= 0.6 is 0 Å². The summed E-state index contributed by atoms with van der Waals surface area (Å²) >= 11 is 0. The van der Waals surface area contributed by atoms with Gasteiger partial charge in [-0.15, -0.1) is 0 Å². The van der Waals surface area contributed by atoms with E-state index in [9.17, 15) is 4.79 Å². The Balaban J connectivity index is 3.03. The van der Waals surface area contributed by atoms with Crippen molar-refractivity contribution in [1.82, 2.24) is 5.43 Å². The summed E-state index contributed by atoms with van der Waals surface area (Å²) in [6.07, 6.45) is -0.833. The van der Waals surface area contributed by atoms with E-state index in [1.54, 1.807) is 12.1 Å². The third-order valence-electron chi connectivity index (χ3n) is 2.60. The fourth-order valence-corrected chi connectivity index (χ4v) is 1.75. The van der Waals surface area contributed by atoms with Crippen LogP contribution in [0.2, 0.25) is 0 Å². The van der Waals surface area contributed by atoms with Crippen LogP contribution in [0.4, 0.5) is 0 Å². The lowest BCUT2D eigenvalue weighted by molar-refractivity contribution is -0.130. The van der Waals surface area contributed by atoms with Crippen LogP contribution in [-0.4, -0.2) is 25.7 Å². The molecular formula is C13H17N3O3. The number of ether oxygens (including phenoxy) is 2. The molecule has 3 N–H and O–H groups in total. The monoisotopic (exact) mass is 263 g/mol. The highest BCUT2D eigenvalue weighted by Crippen LogP contribution is 2.25. The molecule has 1 atom stereocenters. The Morgan fingerprint density at radius 3 is 2.47 bits per heavy atom. The minimum atomic E-state index is -0.833. The molecular weight excluding hydrogens is 246 g/mol. The van der Waals surface area contributed by atoms with Gasteiger partial charge >= 0.3 is 0 Å². The Kier molecular flexibility index (Phi) is 5.30. The number of nitriles is 1. The van der Waals surface area contributed by atoms with Crippen LogP contribution in [0.5, 0.6) is 5.75 Å². The number of nitrogens with zero attached hydrogens (tertiary/aromatic N) is 1. The molecule has 1 rings (SSSR count). The molecule has 6 heteroatoms. The van der Waals surface area contributed by atoms with Gasteiger partial charge in [-0.05, 0) is 37.1 Å². The van der Waals surface area contributed by atoms with Crippen molar-refractivity contribution in [2.75, 3.05) is 13.7 Å². The number of rotatable bonds is 5. The number of benzene rings is 1. The molecule has 1 unspecified atom stereocenters. The third kappa shape index (κ3) is 3.68. The molecule has 1 aromatic rings. The Morgan fingerprint density at radius 2 is 2.05 bits per heavy atom. The zero-order chi connectivity index (χ0) is 14.4. The molecule has 19 heavy (non-hydrogen) atoms. The second kappa shape index (κ2) is 6.73. The first kappa shape index (κ1) is 15.0. The number of methoxy groups -OCH3 is 1. The van der Waals surface area contributed by atoms with Crippen LogP contribution < -0.4 is 16.0 Å². The quantitative estimate of drug-likeness (QED) is 0.459. The number of hydrazine groups is 1. The molecule has 0 fully saturated rings. The van der Waals surface area contributed by atoms with Crippen LogP contribution in [0.25, 0.3) is 0 Å². The molecule has 0 spiro atoms. The Bertz CT molecular complexity index is 485. The van der Waals surface area contributed by atoms with Crippen molar-refractivity contribution in [3.05, 3.63) is 28.8 Å². The zero-order valence-electron chi connectivity index (χ0n) is 11.2. The minimum Gasteiger partial charge on any atom is -0.478 e. The summed E-state index contributed by atoms with van der Waals surface area (Å²) in [5.74, 6) is 5.19. The van der Waals surface area contributed by atoms with Crippen molar-refractivity contribution in [3.63, 3.8) is 0 Å². The molecule has 1 aromatic carbocycles. The first-order valence-corrected chi connectivity index (χ1v) is 5.70. The van der Waals surface area contributed by atoms with Gasteiger partial charge < -0.3 is 9.47 Å². The molecule has 0 aromatic heterocycles. The van der Waals surface area contributed by atoms with Crippen molar-refractivity contribution in [2.45, 2.75) is 20.0 Å². The van der Waals surface area contributed by atoms with E-state index in [1.165, 1.54) is 7.11 Å². The highest BCUT2D eigenvalue weighted by Gasteiger charge is 2.21. The van der Waals surface area contributed by atoms with E-state index in [2.05, 4.69) is 6.07 Å². The summed E-state index contributed by atoms with van der Waals surface area (Å²) in [6.45, 7) is 3.71. The predicted octanol–water partition coefficient (Wildman–Crippen LogP) is 0.559. The van der Waals surface area contributed by atoms with Crippen LogP contribution in [0.15, 0.2) is 12.1 Å². The fraction of sp³-hybridized carbons (Fsp3) is 0.385. The van der Waals surface area contributed by atoms with Crippen molar-refractivity contribution in [1.29, 1.82) is 5.26 Å². The smallest absolute Gasteiger partial charge is 0.277 e. The van der Waals surface area contributed by atoms with Gasteiger partial charge in [-0.25, -0.2) is 5.84 Å². The molecule has 0 aliphatic rings. The topological polar surface area (TPSA) is 97.4 Å². The molecule has 6 nitrogen and oxygen atoms in total. The Hall–Kier alpha value is -2.10. The molecule has 1 amide bonds. The standard InChI is InChI=1S/C13H17N3O3/c1-8-4-10(6-14)5-9(2)12(8)19-11(7-18-3)13(17)16-15/h4-5,11H,7,15H2,1-3H3,(H,16,17).